The van der Waals surface area contributed by atoms with Crippen LogP contribution in [0.2, 0.25) is 0 Å². The first-order valence-electron chi connectivity index (χ1n) is 8.51. The van der Waals surface area contributed by atoms with E-state index in [9.17, 15) is 4.79 Å². The van der Waals surface area contributed by atoms with E-state index in [1.165, 1.54) is 5.56 Å². The minimum absolute atomic E-state index is 0.104. The maximum atomic E-state index is 12.8. The van der Waals surface area contributed by atoms with E-state index >= 15 is 0 Å². The van der Waals surface area contributed by atoms with Gasteiger partial charge in [0.25, 0.3) is 5.91 Å². The van der Waals surface area contributed by atoms with Crippen molar-refractivity contribution in [2.24, 2.45) is 0 Å². The van der Waals surface area contributed by atoms with Gasteiger partial charge in [-0.25, -0.2) is 0 Å². The predicted molar refractivity (Wildman–Crippen MR) is 97.2 cm³/mol. The van der Waals surface area contributed by atoms with E-state index in [4.69, 9.17) is 0 Å². The van der Waals surface area contributed by atoms with Gasteiger partial charge in [-0.2, -0.15) is 0 Å². The van der Waals surface area contributed by atoms with Crippen LogP contribution in [0.1, 0.15) is 28.3 Å². The van der Waals surface area contributed by atoms with Gasteiger partial charge in [-0.3, -0.25) is 14.8 Å². The maximum absolute atomic E-state index is 12.8. The number of nitrogens with zero attached hydrogens (tertiary/aromatic N) is 3. The number of aromatic nitrogens is 2. The van der Waals surface area contributed by atoms with Crippen LogP contribution in [0.3, 0.4) is 0 Å². The molecule has 0 radical (unpaired) electrons. The largest absolute Gasteiger partial charge is 0.338 e. The molecule has 1 aliphatic rings. The molecule has 25 heavy (non-hydrogen) atoms. The van der Waals surface area contributed by atoms with E-state index in [1.807, 2.05) is 53.6 Å². The second-order valence-corrected chi connectivity index (χ2v) is 6.34. The first kappa shape index (κ1) is 15.5. The second-order valence-electron chi connectivity index (χ2n) is 6.34. The summed E-state index contributed by atoms with van der Waals surface area (Å²) in [7, 11) is 0. The van der Waals surface area contributed by atoms with Crippen molar-refractivity contribution < 1.29 is 4.79 Å². The Bertz CT molecular complexity index is 847. The smallest absolute Gasteiger partial charge is 0.253 e. The van der Waals surface area contributed by atoms with Gasteiger partial charge in [-0.05, 0) is 53.4 Å². The lowest BCUT2D eigenvalue weighted by Gasteiger charge is -2.17. The summed E-state index contributed by atoms with van der Waals surface area (Å²) >= 11 is 0. The maximum Gasteiger partial charge on any atom is 0.253 e. The summed E-state index contributed by atoms with van der Waals surface area (Å²) in [5.74, 6) is 0.487. The number of rotatable bonds is 3. The Kier molecular flexibility index (Phi) is 4.25. The Hall–Kier alpha value is -3.01. The minimum atomic E-state index is 0.104. The molecule has 1 saturated heterocycles. The van der Waals surface area contributed by atoms with Crippen molar-refractivity contribution in [3.05, 3.63) is 84.4 Å². The van der Waals surface area contributed by atoms with Crippen molar-refractivity contribution in [1.82, 2.24) is 14.9 Å². The van der Waals surface area contributed by atoms with Crippen LogP contribution >= 0.6 is 0 Å². The summed E-state index contributed by atoms with van der Waals surface area (Å²) in [5.41, 5.74) is 4.15. The van der Waals surface area contributed by atoms with Crippen LogP contribution in [0.25, 0.3) is 11.1 Å². The van der Waals surface area contributed by atoms with Crippen LogP contribution in [-0.4, -0.2) is 33.9 Å². The molecule has 4 heteroatoms. The molecule has 1 atom stereocenters. The normalized spacial score (nSPS) is 16.8. The Morgan fingerprint density at radius 1 is 0.920 bits per heavy atom. The highest BCUT2D eigenvalue weighted by molar-refractivity contribution is 5.95. The quantitative estimate of drug-likeness (QED) is 0.735. The van der Waals surface area contributed by atoms with Crippen molar-refractivity contribution in [3.8, 4) is 11.1 Å². The molecule has 3 heterocycles. The van der Waals surface area contributed by atoms with Gasteiger partial charge in [0.05, 0.1) is 0 Å². The fourth-order valence-electron chi connectivity index (χ4n) is 3.37. The molecule has 1 amide bonds. The van der Waals surface area contributed by atoms with Crippen LogP contribution in [0.4, 0.5) is 0 Å². The van der Waals surface area contributed by atoms with Crippen LogP contribution in [0, 0.1) is 0 Å². The van der Waals surface area contributed by atoms with Gasteiger partial charge in [0.15, 0.2) is 0 Å². The number of pyridine rings is 2. The molecule has 0 aliphatic carbocycles. The number of carbonyl (C=O) groups excluding carboxylic acids is 1. The molecular formula is C21H19N3O. The standard InChI is InChI=1S/C21H19N3O/c25-21(24-13-9-20(15-24)19-2-1-10-23-14-19)18-5-3-16(4-6-18)17-7-11-22-12-8-17/h1-8,10-12,14,20H,9,13,15H2. The summed E-state index contributed by atoms with van der Waals surface area (Å²) in [5, 5.41) is 0. The first-order chi connectivity index (χ1) is 12.3. The number of amides is 1. The van der Waals surface area contributed by atoms with E-state index in [2.05, 4.69) is 16.0 Å². The van der Waals surface area contributed by atoms with E-state index < -0.39 is 0 Å². The number of likely N-dealkylation sites (tertiary alicyclic amines) is 1. The molecular weight excluding hydrogens is 310 g/mol. The fourth-order valence-corrected chi connectivity index (χ4v) is 3.37. The van der Waals surface area contributed by atoms with Gasteiger partial charge in [-0.1, -0.05) is 18.2 Å². The monoisotopic (exact) mass is 329 g/mol. The van der Waals surface area contributed by atoms with Crippen molar-refractivity contribution in [2.75, 3.05) is 13.1 Å². The zero-order valence-electron chi connectivity index (χ0n) is 13.9. The Labute approximate surface area is 147 Å². The summed E-state index contributed by atoms with van der Waals surface area (Å²) in [6.07, 6.45) is 8.23. The van der Waals surface area contributed by atoms with Crippen LogP contribution in [0.15, 0.2) is 73.3 Å². The molecule has 4 nitrogen and oxygen atoms in total. The Morgan fingerprint density at radius 3 is 2.40 bits per heavy atom. The number of carbonyl (C=O) groups is 1. The van der Waals surface area contributed by atoms with Crippen molar-refractivity contribution in [1.29, 1.82) is 0 Å². The SMILES string of the molecule is O=C(c1ccc(-c2ccncc2)cc1)N1CCC(c2cccnc2)C1. The number of hydrogen-bond donors (Lipinski definition) is 0. The first-order valence-corrected chi connectivity index (χ1v) is 8.51. The third-order valence-electron chi connectivity index (χ3n) is 4.78. The molecule has 1 unspecified atom stereocenters. The Morgan fingerprint density at radius 2 is 1.68 bits per heavy atom. The molecule has 3 aromatic rings. The molecule has 2 aromatic heterocycles. The lowest BCUT2D eigenvalue weighted by Crippen LogP contribution is -2.28. The zero-order chi connectivity index (χ0) is 17.1. The highest BCUT2D eigenvalue weighted by atomic mass is 16.2. The topological polar surface area (TPSA) is 46.1 Å². The van der Waals surface area contributed by atoms with E-state index in [0.717, 1.165) is 36.2 Å². The molecule has 1 aliphatic heterocycles. The summed E-state index contributed by atoms with van der Waals surface area (Å²) < 4.78 is 0. The van der Waals surface area contributed by atoms with Crippen LogP contribution in [-0.2, 0) is 0 Å². The summed E-state index contributed by atoms with van der Waals surface area (Å²) in [6.45, 7) is 1.56. The number of hydrogen-bond acceptors (Lipinski definition) is 3. The number of benzene rings is 1. The van der Waals surface area contributed by atoms with Crippen molar-refractivity contribution in [2.45, 2.75) is 12.3 Å². The lowest BCUT2D eigenvalue weighted by atomic mass is 10.0. The van der Waals surface area contributed by atoms with Gasteiger partial charge in [0.1, 0.15) is 0 Å². The van der Waals surface area contributed by atoms with Gasteiger partial charge in [0, 0.05) is 49.4 Å². The summed E-state index contributed by atoms with van der Waals surface area (Å²) in [6, 6.07) is 15.8. The second kappa shape index (κ2) is 6.85. The van der Waals surface area contributed by atoms with E-state index in [1.54, 1.807) is 18.6 Å². The van der Waals surface area contributed by atoms with Crippen LogP contribution < -0.4 is 0 Å². The minimum Gasteiger partial charge on any atom is -0.338 e. The molecule has 0 saturated carbocycles. The molecule has 0 N–H and O–H groups in total. The fraction of sp³-hybridized carbons (Fsp3) is 0.190. The van der Waals surface area contributed by atoms with Gasteiger partial charge in [-0.15, -0.1) is 0 Å². The molecule has 4 rings (SSSR count). The lowest BCUT2D eigenvalue weighted by molar-refractivity contribution is 0.0791. The van der Waals surface area contributed by atoms with E-state index in [-0.39, 0.29) is 5.91 Å². The average molecular weight is 329 g/mol. The molecule has 1 aromatic carbocycles. The van der Waals surface area contributed by atoms with Gasteiger partial charge in [0.2, 0.25) is 0 Å². The van der Waals surface area contributed by atoms with Crippen LogP contribution in [0.5, 0.6) is 0 Å². The molecule has 1 fully saturated rings. The highest BCUT2D eigenvalue weighted by Gasteiger charge is 2.27. The molecule has 0 spiro atoms. The van der Waals surface area contributed by atoms with Gasteiger partial charge >= 0.3 is 0 Å². The van der Waals surface area contributed by atoms with Gasteiger partial charge < -0.3 is 4.90 Å². The third-order valence-corrected chi connectivity index (χ3v) is 4.78. The molecule has 124 valence electrons. The van der Waals surface area contributed by atoms with E-state index in [0.29, 0.717) is 5.92 Å². The predicted octanol–water partition coefficient (Wildman–Crippen LogP) is 3.77. The highest BCUT2D eigenvalue weighted by Crippen LogP contribution is 2.28. The third kappa shape index (κ3) is 3.29. The average Bonchev–Trinajstić information content (AvgIpc) is 3.19. The molecule has 0 bridgehead atoms. The van der Waals surface area contributed by atoms with Crippen molar-refractivity contribution in [3.63, 3.8) is 0 Å². The zero-order valence-corrected chi connectivity index (χ0v) is 13.9. The summed E-state index contributed by atoms with van der Waals surface area (Å²) in [4.78, 5) is 22.9. The van der Waals surface area contributed by atoms with Crippen molar-refractivity contribution >= 4 is 5.91 Å². The Balaban J connectivity index is 1.46.